The van der Waals surface area contributed by atoms with E-state index in [0.29, 0.717) is 6.54 Å². The molecule has 0 unspecified atom stereocenters. The van der Waals surface area contributed by atoms with E-state index < -0.39 is 10.0 Å². The maximum absolute atomic E-state index is 11.5. The molecule has 0 atom stereocenters. The fourth-order valence-corrected chi connectivity index (χ4v) is 2.83. The van der Waals surface area contributed by atoms with Gasteiger partial charge in [-0.25, -0.2) is 13.1 Å². The Kier molecular flexibility index (Phi) is 7.58. The first-order valence-electron chi connectivity index (χ1n) is 6.67. The average molecular weight is 301 g/mol. The summed E-state index contributed by atoms with van der Waals surface area (Å²) >= 11 is 0. The predicted molar refractivity (Wildman–Crippen MR) is 79.6 cm³/mol. The molecule has 6 heteroatoms. The van der Waals surface area contributed by atoms with Gasteiger partial charge in [0.25, 0.3) is 0 Å². The molecule has 1 N–H and O–H groups in total. The Morgan fingerprint density at radius 2 is 1.90 bits per heavy atom. The summed E-state index contributed by atoms with van der Waals surface area (Å²) in [5.41, 5.74) is 1.15. The molecule has 0 saturated heterocycles. The molecule has 0 heterocycles. The molecule has 0 aliphatic heterocycles. The van der Waals surface area contributed by atoms with Crippen LogP contribution in [0.3, 0.4) is 0 Å². The molecular formula is C14H23NO4S. The minimum absolute atomic E-state index is 0.00993. The van der Waals surface area contributed by atoms with Crippen molar-refractivity contribution in [2.24, 2.45) is 0 Å². The number of para-hydroxylation sites is 1. The third kappa shape index (κ3) is 6.36. The van der Waals surface area contributed by atoms with Crippen LogP contribution in [0.2, 0.25) is 0 Å². The van der Waals surface area contributed by atoms with Crippen molar-refractivity contribution in [1.29, 1.82) is 0 Å². The lowest BCUT2D eigenvalue weighted by Crippen LogP contribution is -2.29. The highest BCUT2D eigenvalue weighted by Gasteiger charge is 2.08. The van der Waals surface area contributed by atoms with Crippen molar-refractivity contribution in [2.45, 2.75) is 19.3 Å². The quantitative estimate of drug-likeness (QED) is 0.667. The van der Waals surface area contributed by atoms with Crippen LogP contribution in [0.5, 0.6) is 5.75 Å². The second-order valence-electron chi connectivity index (χ2n) is 4.47. The lowest BCUT2D eigenvalue weighted by molar-refractivity contribution is 0.217. The van der Waals surface area contributed by atoms with Crippen LogP contribution in [0.15, 0.2) is 24.3 Å². The van der Waals surface area contributed by atoms with Crippen LogP contribution in [0.1, 0.15) is 18.4 Å². The molecule has 0 aromatic heterocycles. The van der Waals surface area contributed by atoms with Crippen LogP contribution in [0, 0.1) is 0 Å². The Bertz CT molecular complexity index is 488. The lowest BCUT2D eigenvalue weighted by Gasteiger charge is -2.08. The van der Waals surface area contributed by atoms with E-state index in [1.54, 1.807) is 7.11 Å². The van der Waals surface area contributed by atoms with E-state index in [0.717, 1.165) is 30.6 Å². The number of hydrogen-bond donors (Lipinski definition) is 1. The molecule has 1 aromatic rings. The van der Waals surface area contributed by atoms with Crippen molar-refractivity contribution in [3.63, 3.8) is 0 Å². The summed E-state index contributed by atoms with van der Waals surface area (Å²) in [6.45, 7) is 0.678. The molecule has 0 spiro atoms. The summed E-state index contributed by atoms with van der Waals surface area (Å²) in [7, 11) is -0.0570. The number of unbranched alkanes of at least 4 members (excludes halogenated alkanes) is 1. The van der Waals surface area contributed by atoms with Gasteiger partial charge in [0.05, 0.1) is 19.5 Å². The van der Waals surface area contributed by atoms with Gasteiger partial charge >= 0.3 is 0 Å². The molecule has 1 aromatic carbocycles. The van der Waals surface area contributed by atoms with E-state index >= 15 is 0 Å². The molecule has 0 aliphatic rings. The first-order chi connectivity index (χ1) is 9.59. The van der Waals surface area contributed by atoms with Crippen molar-refractivity contribution < 1.29 is 17.9 Å². The van der Waals surface area contributed by atoms with Gasteiger partial charge in [0.1, 0.15) is 5.75 Å². The normalized spacial score (nSPS) is 11.5. The van der Waals surface area contributed by atoms with Crippen LogP contribution in [-0.4, -0.2) is 41.5 Å². The average Bonchev–Trinajstić information content (AvgIpc) is 2.45. The number of aryl methyl sites for hydroxylation is 1. The van der Waals surface area contributed by atoms with E-state index in [4.69, 9.17) is 9.47 Å². The number of sulfonamides is 1. The predicted octanol–water partition coefficient (Wildman–Crippen LogP) is 1.58. The summed E-state index contributed by atoms with van der Waals surface area (Å²) in [5.74, 6) is 0.892. The first kappa shape index (κ1) is 16.9. The Labute approximate surface area is 121 Å². The van der Waals surface area contributed by atoms with E-state index in [1.165, 1.54) is 7.11 Å². The molecular weight excluding hydrogens is 278 g/mol. The number of benzene rings is 1. The van der Waals surface area contributed by atoms with E-state index in [9.17, 15) is 8.42 Å². The SMILES string of the molecule is COCCS(=O)(=O)NCCCCc1ccccc1OC. The summed E-state index contributed by atoms with van der Waals surface area (Å²) < 4.78 is 35.6. The molecule has 0 saturated carbocycles. The molecule has 0 radical (unpaired) electrons. The van der Waals surface area contributed by atoms with Gasteiger partial charge in [0.2, 0.25) is 10.0 Å². The topological polar surface area (TPSA) is 64.6 Å². The van der Waals surface area contributed by atoms with Gasteiger partial charge < -0.3 is 9.47 Å². The zero-order valence-corrected chi connectivity index (χ0v) is 12.9. The Hall–Kier alpha value is -1.11. The second kappa shape index (κ2) is 8.94. The maximum atomic E-state index is 11.5. The molecule has 0 aliphatic carbocycles. The number of methoxy groups -OCH3 is 2. The third-order valence-electron chi connectivity index (χ3n) is 2.94. The summed E-state index contributed by atoms with van der Waals surface area (Å²) in [5, 5.41) is 0. The molecule has 0 amide bonds. The highest BCUT2D eigenvalue weighted by Crippen LogP contribution is 2.19. The van der Waals surface area contributed by atoms with Gasteiger partial charge in [0.15, 0.2) is 0 Å². The fourth-order valence-electron chi connectivity index (χ4n) is 1.84. The van der Waals surface area contributed by atoms with E-state index in [1.807, 2.05) is 24.3 Å². The monoisotopic (exact) mass is 301 g/mol. The maximum Gasteiger partial charge on any atom is 0.213 e. The molecule has 114 valence electrons. The molecule has 0 bridgehead atoms. The minimum atomic E-state index is -3.20. The van der Waals surface area contributed by atoms with Crippen LogP contribution < -0.4 is 9.46 Å². The van der Waals surface area contributed by atoms with Crippen molar-refractivity contribution in [1.82, 2.24) is 4.72 Å². The number of nitrogens with one attached hydrogen (secondary N) is 1. The molecule has 1 rings (SSSR count). The Morgan fingerprint density at radius 1 is 1.15 bits per heavy atom. The standard InChI is InChI=1S/C14H23NO4S/c1-18-11-12-20(16,17)15-10-6-5-8-13-7-3-4-9-14(13)19-2/h3-4,7,9,15H,5-6,8,10-12H2,1-2H3. The third-order valence-corrected chi connectivity index (χ3v) is 4.29. The van der Waals surface area contributed by atoms with E-state index in [2.05, 4.69) is 4.72 Å². The smallest absolute Gasteiger partial charge is 0.213 e. The zero-order valence-electron chi connectivity index (χ0n) is 12.1. The first-order valence-corrected chi connectivity index (χ1v) is 8.32. The van der Waals surface area contributed by atoms with Gasteiger partial charge in [-0.2, -0.15) is 0 Å². The lowest BCUT2D eigenvalue weighted by atomic mass is 10.1. The van der Waals surface area contributed by atoms with Crippen molar-refractivity contribution in [3.8, 4) is 5.75 Å². The van der Waals surface area contributed by atoms with Crippen LogP contribution >= 0.6 is 0 Å². The van der Waals surface area contributed by atoms with Crippen LogP contribution in [0.4, 0.5) is 0 Å². The number of hydrogen-bond acceptors (Lipinski definition) is 4. The van der Waals surface area contributed by atoms with Crippen molar-refractivity contribution in [2.75, 3.05) is 33.1 Å². The van der Waals surface area contributed by atoms with E-state index in [-0.39, 0.29) is 12.4 Å². The van der Waals surface area contributed by atoms with Gasteiger partial charge in [-0.05, 0) is 30.9 Å². The largest absolute Gasteiger partial charge is 0.496 e. The second-order valence-corrected chi connectivity index (χ2v) is 6.40. The highest BCUT2D eigenvalue weighted by molar-refractivity contribution is 7.89. The number of ether oxygens (including phenoxy) is 2. The van der Waals surface area contributed by atoms with Crippen LogP contribution in [-0.2, 0) is 21.2 Å². The van der Waals surface area contributed by atoms with Crippen molar-refractivity contribution in [3.05, 3.63) is 29.8 Å². The number of rotatable bonds is 10. The minimum Gasteiger partial charge on any atom is -0.496 e. The van der Waals surface area contributed by atoms with Gasteiger partial charge in [0, 0.05) is 13.7 Å². The molecule has 0 fully saturated rings. The Balaban J connectivity index is 2.25. The zero-order chi connectivity index (χ0) is 14.8. The highest BCUT2D eigenvalue weighted by atomic mass is 32.2. The fraction of sp³-hybridized carbons (Fsp3) is 0.571. The van der Waals surface area contributed by atoms with Gasteiger partial charge in [-0.3, -0.25) is 0 Å². The van der Waals surface area contributed by atoms with Gasteiger partial charge in [-0.15, -0.1) is 0 Å². The van der Waals surface area contributed by atoms with Gasteiger partial charge in [-0.1, -0.05) is 18.2 Å². The summed E-state index contributed by atoms with van der Waals surface area (Å²) in [4.78, 5) is 0. The van der Waals surface area contributed by atoms with Crippen LogP contribution in [0.25, 0.3) is 0 Å². The molecule has 20 heavy (non-hydrogen) atoms. The molecule has 5 nitrogen and oxygen atoms in total. The Morgan fingerprint density at radius 3 is 2.60 bits per heavy atom. The summed E-state index contributed by atoms with van der Waals surface area (Å²) in [6.07, 6.45) is 2.58. The summed E-state index contributed by atoms with van der Waals surface area (Å²) in [6, 6.07) is 7.88. The van der Waals surface area contributed by atoms with Crippen molar-refractivity contribution >= 4 is 10.0 Å².